The Hall–Kier alpha value is -0.400. The van der Waals surface area contributed by atoms with Crippen molar-refractivity contribution in [2.24, 2.45) is 72.4 Å². The number of ether oxygens (including phenoxy) is 4. The van der Waals surface area contributed by atoms with Crippen molar-refractivity contribution in [3.8, 4) is 0 Å². The number of hydrogen-bond donors (Lipinski definition) is 6. The average molecular weight is 1340 g/mol. The van der Waals surface area contributed by atoms with E-state index in [1.165, 1.54) is 155 Å². The van der Waals surface area contributed by atoms with Crippen molar-refractivity contribution in [1.82, 2.24) is 31.9 Å². The second kappa shape index (κ2) is 49.3. The summed E-state index contributed by atoms with van der Waals surface area (Å²) >= 11 is 0. The molecule has 8 saturated heterocycles. The van der Waals surface area contributed by atoms with Crippen LogP contribution >= 0.6 is 0 Å². The summed E-state index contributed by atoms with van der Waals surface area (Å²) in [7, 11) is 0. The fourth-order valence-corrected chi connectivity index (χ4v) is 13.6. The molecule has 9 rings (SSSR count). The molecule has 1 aliphatic carbocycles. The predicted molar refractivity (Wildman–Crippen MR) is 423 cm³/mol. The molecule has 6 unspecified atom stereocenters. The first-order valence-corrected chi connectivity index (χ1v) is 38.1. The quantitative estimate of drug-likeness (QED) is 0.140. The van der Waals surface area contributed by atoms with Crippen LogP contribution in [0.1, 0.15) is 345 Å². The van der Waals surface area contributed by atoms with E-state index in [9.17, 15) is 0 Å². The molecule has 0 aromatic heterocycles. The van der Waals surface area contributed by atoms with Crippen molar-refractivity contribution in [3.63, 3.8) is 0 Å². The molecule has 0 aromatic rings. The van der Waals surface area contributed by atoms with Gasteiger partial charge in [-0.25, -0.2) is 0 Å². The third kappa shape index (κ3) is 47.7. The summed E-state index contributed by atoms with van der Waals surface area (Å²) in [5.41, 5.74) is 4.03. The number of nitrogens with one attached hydrogen (secondary N) is 6. The minimum atomic E-state index is 0. The van der Waals surface area contributed by atoms with E-state index in [-0.39, 0.29) is 29.7 Å². The van der Waals surface area contributed by atoms with Gasteiger partial charge in [-0.15, -0.1) is 0 Å². The summed E-state index contributed by atoms with van der Waals surface area (Å²) in [6.45, 7) is 78.1. The van der Waals surface area contributed by atoms with Gasteiger partial charge in [0.05, 0.1) is 19.3 Å². The minimum absolute atomic E-state index is 0. The van der Waals surface area contributed by atoms with Gasteiger partial charge in [0.2, 0.25) is 0 Å². The first-order chi connectivity index (χ1) is 41.4. The molecule has 8 heterocycles. The van der Waals surface area contributed by atoms with Crippen molar-refractivity contribution in [1.29, 1.82) is 0 Å². The average Bonchev–Trinajstić information content (AvgIpc) is 2.09. The lowest BCUT2D eigenvalue weighted by molar-refractivity contribution is -0.0474. The van der Waals surface area contributed by atoms with Crippen LogP contribution in [0.5, 0.6) is 0 Å². The van der Waals surface area contributed by atoms with Crippen LogP contribution in [-0.2, 0) is 18.9 Å². The molecule has 572 valence electrons. The van der Waals surface area contributed by atoms with Gasteiger partial charge in [-0.1, -0.05) is 249 Å². The third-order valence-electron chi connectivity index (χ3n) is 21.1. The van der Waals surface area contributed by atoms with Gasteiger partial charge < -0.3 is 50.8 Å². The molecule has 10 nitrogen and oxygen atoms in total. The molecule has 0 aromatic carbocycles. The molecule has 1 saturated carbocycles. The van der Waals surface area contributed by atoms with Gasteiger partial charge >= 0.3 is 0 Å². The van der Waals surface area contributed by atoms with E-state index in [0.29, 0.717) is 66.9 Å². The molecule has 0 bridgehead atoms. The zero-order valence-electron chi connectivity index (χ0n) is 66.1. The summed E-state index contributed by atoms with van der Waals surface area (Å²) in [5, 5.41) is 20.8. The highest BCUT2D eigenvalue weighted by molar-refractivity contribution is 4.88. The smallest absolute Gasteiger partial charge is 0.0625 e. The molecular weight excluding hydrogens is 1160 g/mol. The Labute approximate surface area is 594 Å². The molecule has 10 heteroatoms. The van der Waals surface area contributed by atoms with Crippen LogP contribution in [-0.4, -0.2) is 129 Å². The van der Waals surface area contributed by atoms with Gasteiger partial charge in [-0.05, 0) is 195 Å². The van der Waals surface area contributed by atoms with Crippen molar-refractivity contribution in [3.05, 3.63) is 0 Å². The highest BCUT2D eigenvalue weighted by Gasteiger charge is 2.32. The maximum absolute atomic E-state index is 5.64. The topological polar surface area (TPSA) is 109 Å². The summed E-state index contributed by atoms with van der Waals surface area (Å²) in [5.74, 6) is 3.59. The largest absolute Gasteiger partial charge is 0.381 e. The van der Waals surface area contributed by atoms with Gasteiger partial charge in [-0.3, -0.25) is 0 Å². The van der Waals surface area contributed by atoms with Crippen molar-refractivity contribution < 1.29 is 18.9 Å². The third-order valence-corrected chi connectivity index (χ3v) is 21.1. The molecule has 6 N–H and O–H groups in total. The summed E-state index contributed by atoms with van der Waals surface area (Å²) in [6, 6.07) is 2.67. The molecule has 94 heavy (non-hydrogen) atoms. The van der Waals surface area contributed by atoms with Gasteiger partial charge in [0.15, 0.2) is 0 Å². The zero-order chi connectivity index (χ0) is 68.5. The molecule has 0 radical (unpaired) electrons. The van der Waals surface area contributed by atoms with E-state index >= 15 is 0 Å². The van der Waals surface area contributed by atoms with Gasteiger partial charge in [0, 0.05) is 83.4 Å². The van der Waals surface area contributed by atoms with Crippen LogP contribution in [0.4, 0.5) is 0 Å². The van der Waals surface area contributed by atoms with Crippen LogP contribution < -0.4 is 31.9 Å². The van der Waals surface area contributed by atoms with E-state index in [2.05, 4.69) is 219 Å². The Balaban J connectivity index is -0.000000482. The summed E-state index contributed by atoms with van der Waals surface area (Å²) in [4.78, 5) is 0. The molecule has 0 spiro atoms. The fraction of sp³-hybridized carbons (Fsp3) is 1.00. The summed E-state index contributed by atoms with van der Waals surface area (Å²) in [6.07, 6.45) is 27.9. The highest BCUT2D eigenvalue weighted by atomic mass is 16.5. The second-order valence-corrected chi connectivity index (χ2v) is 38.6. The van der Waals surface area contributed by atoms with E-state index in [4.69, 9.17) is 18.9 Å². The van der Waals surface area contributed by atoms with E-state index in [1.807, 2.05) is 0 Å². The maximum atomic E-state index is 5.64. The molecule has 9 fully saturated rings. The SMILES string of the molecule is C.C.C.C.CC(C)(C)C1CCCCC1.CC(C)(C)C1CCCCN1.CC(C)(C)C1CCCCN1.CC(C)(C)C1CCCCO1.CC(C)(C)C1CCCOC1.CC(C)(C)C1CCNCC1.CC(C)(C)C1CCOCC1.CC(C)(C)C1CNCCN1.CC(C)(C)C1COCCN1. The molecule has 6 atom stereocenters. The Bertz CT molecular complexity index is 1270. The first kappa shape index (κ1) is 100.0. The monoisotopic (exact) mass is 1340 g/mol. The first-order valence-electron chi connectivity index (χ1n) is 38.1. The van der Waals surface area contributed by atoms with Crippen LogP contribution in [0.15, 0.2) is 0 Å². The molecule has 0 amide bonds. The zero-order valence-corrected chi connectivity index (χ0v) is 66.1. The van der Waals surface area contributed by atoms with Crippen LogP contribution in [0.25, 0.3) is 0 Å². The number of hydrogen-bond acceptors (Lipinski definition) is 10. The maximum Gasteiger partial charge on any atom is 0.0625 e. The lowest BCUT2D eigenvalue weighted by Crippen LogP contribution is -2.54. The lowest BCUT2D eigenvalue weighted by atomic mass is 9.72. The number of piperidine rings is 3. The number of piperazine rings is 1. The Morgan fingerprint density at radius 2 is 0.628 bits per heavy atom. The van der Waals surface area contributed by atoms with E-state index in [0.717, 1.165) is 108 Å². The molecule has 9 aliphatic rings. The highest BCUT2D eigenvalue weighted by Crippen LogP contribution is 2.38. The number of morpholine rings is 1. The van der Waals surface area contributed by atoms with Crippen LogP contribution in [0.3, 0.4) is 0 Å². The van der Waals surface area contributed by atoms with Crippen LogP contribution in [0, 0.1) is 72.4 Å². The second-order valence-electron chi connectivity index (χ2n) is 38.6. The Morgan fingerprint density at radius 3 is 0.883 bits per heavy atom. The van der Waals surface area contributed by atoms with Crippen molar-refractivity contribution in [2.45, 2.75) is 375 Å². The van der Waals surface area contributed by atoms with Crippen molar-refractivity contribution in [2.75, 3.05) is 98.6 Å². The fourth-order valence-electron chi connectivity index (χ4n) is 13.6. The van der Waals surface area contributed by atoms with Gasteiger partial charge in [0.25, 0.3) is 0 Å². The van der Waals surface area contributed by atoms with Gasteiger partial charge in [-0.2, -0.15) is 0 Å². The molecular formula is C84H182N6O4. The van der Waals surface area contributed by atoms with Crippen LogP contribution in [0.2, 0.25) is 0 Å². The minimum Gasteiger partial charge on any atom is -0.381 e. The molecule has 8 aliphatic heterocycles. The Morgan fingerprint density at radius 1 is 0.234 bits per heavy atom. The van der Waals surface area contributed by atoms with Gasteiger partial charge in [0.1, 0.15) is 0 Å². The van der Waals surface area contributed by atoms with E-state index in [1.54, 1.807) is 0 Å². The standard InChI is InChI=1S/C10H20.3C9H19N.3C9H18O.C8H18N2.C8H17NO.4CH4/c1-10(2,3)9-7-5-4-6-8-9;1-9(2,3)8-4-6-10-7-5-8;2*1-9(2,3)8-6-4-5-7-10-8;1-9(2,3)8-4-6-10-7-5-8;1-9(2,3)8-5-4-6-10-7-8;1-9(2,3)8-6-4-5-7-10-8;1-8(2,3)7-6-9-4-5-10-7;1-8(2,3)7-6-10-5-4-9-7;;;;/h9H,4-8H2,1-3H3;3*8,10H,4-7H2,1-3H3;3*8H,4-7H2,1-3H3;7,9-10H,4-6H2,1-3H3;7,9H,4-6H2,1-3H3;4*1H4. The predicted octanol–water partition coefficient (Wildman–Crippen LogP) is 21.7. The van der Waals surface area contributed by atoms with Crippen molar-refractivity contribution >= 4 is 0 Å². The lowest BCUT2D eigenvalue weighted by Gasteiger charge is -2.35. The number of rotatable bonds is 0. The normalized spacial score (nSPS) is 25.6. The summed E-state index contributed by atoms with van der Waals surface area (Å²) < 4.78 is 21.7. The van der Waals surface area contributed by atoms with E-state index < -0.39 is 0 Å². The Kier molecular flexibility index (Phi) is 52.4.